The van der Waals surface area contributed by atoms with Crippen molar-refractivity contribution in [2.24, 2.45) is 5.92 Å². The van der Waals surface area contributed by atoms with Crippen LogP contribution < -0.4 is 4.74 Å². The molecule has 4 rings (SSSR count). The first-order chi connectivity index (χ1) is 15.5. The maximum atomic E-state index is 12.6. The van der Waals surface area contributed by atoms with Crippen LogP contribution in [0.3, 0.4) is 0 Å². The predicted octanol–water partition coefficient (Wildman–Crippen LogP) is 7.60. The molecule has 1 aromatic heterocycles. The molecule has 0 saturated heterocycles. The monoisotopic (exact) mass is 445 g/mol. The van der Waals surface area contributed by atoms with Crippen molar-refractivity contribution in [3.8, 4) is 5.75 Å². The predicted molar refractivity (Wildman–Crippen MR) is 136 cm³/mol. The summed E-state index contributed by atoms with van der Waals surface area (Å²) in [7, 11) is 0. The average molecular weight is 446 g/mol. The van der Waals surface area contributed by atoms with Gasteiger partial charge in [-0.15, -0.1) is 11.8 Å². The molecular weight excluding hydrogens is 414 g/mol. The molecule has 0 spiro atoms. The molecule has 0 saturated carbocycles. The minimum Gasteiger partial charge on any atom is -0.425 e. The van der Waals surface area contributed by atoms with Gasteiger partial charge < -0.3 is 9.30 Å². The quantitative estimate of drug-likeness (QED) is 0.159. The number of rotatable bonds is 8. The van der Waals surface area contributed by atoms with E-state index in [2.05, 4.69) is 73.0 Å². The fraction of sp³-hybridized carbons (Fsp3) is 0.321. The van der Waals surface area contributed by atoms with Crippen LogP contribution in [-0.2, 0) is 11.3 Å². The number of carbonyl (C=O) groups excluding carboxylic acids is 1. The Bertz CT molecular complexity index is 1240. The van der Waals surface area contributed by atoms with E-state index in [0.29, 0.717) is 12.2 Å². The molecular formula is C28H31NO2S. The van der Waals surface area contributed by atoms with Crippen molar-refractivity contribution in [1.29, 1.82) is 0 Å². The van der Waals surface area contributed by atoms with Gasteiger partial charge in [0, 0.05) is 29.3 Å². The Morgan fingerprint density at radius 1 is 1.06 bits per heavy atom. The van der Waals surface area contributed by atoms with E-state index in [0.717, 1.165) is 29.2 Å². The third kappa shape index (κ3) is 4.56. The SMILES string of the molecule is CCCSc1c(OC(=O)CC(C)C)cc(C)c2c3ccccc3n(Cc3ccccc3)c12. The molecule has 0 fully saturated rings. The zero-order chi connectivity index (χ0) is 22.7. The third-order valence-electron chi connectivity index (χ3n) is 5.58. The molecule has 0 bridgehead atoms. The number of hydrogen-bond acceptors (Lipinski definition) is 3. The van der Waals surface area contributed by atoms with Crippen LogP contribution in [-0.4, -0.2) is 16.3 Å². The third-order valence-corrected chi connectivity index (χ3v) is 6.88. The van der Waals surface area contributed by atoms with E-state index < -0.39 is 0 Å². The summed E-state index contributed by atoms with van der Waals surface area (Å²) in [5, 5.41) is 2.49. The van der Waals surface area contributed by atoms with Gasteiger partial charge in [-0.1, -0.05) is 69.3 Å². The van der Waals surface area contributed by atoms with Crippen molar-refractivity contribution in [2.75, 3.05) is 5.75 Å². The Kier molecular flexibility index (Phi) is 6.90. The number of fused-ring (bicyclic) bond motifs is 3. The van der Waals surface area contributed by atoms with Crippen molar-refractivity contribution < 1.29 is 9.53 Å². The van der Waals surface area contributed by atoms with E-state index in [9.17, 15) is 4.79 Å². The highest BCUT2D eigenvalue weighted by Gasteiger charge is 2.22. The molecule has 4 aromatic rings. The molecule has 3 aromatic carbocycles. The van der Waals surface area contributed by atoms with E-state index in [1.165, 1.54) is 27.4 Å². The first kappa shape index (κ1) is 22.5. The van der Waals surface area contributed by atoms with Crippen molar-refractivity contribution in [2.45, 2.75) is 52.0 Å². The van der Waals surface area contributed by atoms with Crippen molar-refractivity contribution in [3.05, 3.63) is 71.8 Å². The Balaban J connectivity index is 1.97. The Morgan fingerprint density at radius 3 is 2.50 bits per heavy atom. The topological polar surface area (TPSA) is 31.2 Å². The fourth-order valence-corrected chi connectivity index (χ4v) is 5.24. The number of benzene rings is 3. The Hall–Kier alpha value is -2.72. The van der Waals surface area contributed by atoms with Gasteiger partial charge in [0.15, 0.2) is 0 Å². The molecule has 0 atom stereocenters. The number of thioether (sulfide) groups is 1. The molecule has 0 amide bonds. The second kappa shape index (κ2) is 9.83. The molecule has 3 nitrogen and oxygen atoms in total. The van der Waals surface area contributed by atoms with E-state index in [4.69, 9.17) is 4.74 Å². The van der Waals surface area contributed by atoms with E-state index in [1.54, 1.807) is 11.8 Å². The zero-order valence-electron chi connectivity index (χ0n) is 19.4. The van der Waals surface area contributed by atoms with Crippen LogP contribution >= 0.6 is 11.8 Å². The van der Waals surface area contributed by atoms with Crippen LogP contribution in [0.25, 0.3) is 21.8 Å². The summed E-state index contributed by atoms with van der Waals surface area (Å²) >= 11 is 1.79. The number of esters is 1. The molecule has 0 unspecified atom stereocenters. The summed E-state index contributed by atoms with van der Waals surface area (Å²) in [6, 6.07) is 21.2. The van der Waals surface area contributed by atoms with Gasteiger partial charge in [-0.2, -0.15) is 0 Å². The molecule has 32 heavy (non-hydrogen) atoms. The summed E-state index contributed by atoms with van der Waals surface area (Å²) < 4.78 is 8.36. The molecule has 0 radical (unpaired) electrons. The standard InChI is InChI=1S/C28H31NO2S/c1-5-15-32-28-24(31-25(30)16-19(2)3)17-20(4)26-22-13-9-10-14-23(22)29(27(26)28)18-21-11-7-6-8-12-21/h6-14,17,19H,5,15-16,18H2,1-4H3. The summed E-state index contributed by atoms with van der Waals surface area (Å²) in [5.41, 5.74) is 4.76. The Labute approximate surface area is 194 Å². The van der Waals surface area contributed by atoms with Gasteiger partial charge in [0.2, 0.25) is 0 Å². The molecule has 0 aliphatic heterocycles. The van der Waals surface area contributed by atoms with Gasteiger partial charge in [0.05, 0.1) is 10.4 Å². The lowest BCUT2D eigenvalue weighted by Crippen LogP contribution is -2.12. The van der Waals surface area contributed by atoms with Crippen LogP contribution in [0.4, 0.5) is 0 Å². The first-order valence-electron chi connectivity index (χ1n) is 11.4. The number of nitrogens with zero attached hydrogens (tertiary/aromatic N) is 1. The molecule has 166 valence electrons. The van der Waals surface area contributed by atoms with Crippen molar-refractivity contribution in [3.63, 3.8) is 0 Å². The van der Waals surface area contributed by atoms with Crippen molar-refractivity contribution in [1.82, 2.24) is 4.57 Å². The lowest BCUT2D eigenvalue weighted by atomic mass is 10.1. The van der Waals surface area contributed by atoms with Gasteiger partial charge >= 0.3 is 5.97 Å². The maximum Gasteiger partial charge on any atom is 0.311 e. The number of carbonyl (C=O) groups is 1. The van der Waals surface area contributed by atoms with Crippen molar-refractivity contribution >= 4 is 39.5 Å². The highest BCUT2D eigenvalue weighted by molar-refractivity contribution is 7.99. The number of para-hydroxylation sites is 1. The number of hydrogen-bond donors (Lipinski definition) is 0. The second-order valence-corrected chi connectivity index (χ2v) is 9.86. The van der Waals surface area contributed by atoms with Crippen LogP contribution in [0.2, 0.25) is 0 Å². The fourth-order valence-electron chi connectivity index (χ4n) is 4.24. The number of aryl methyl sites for hydroxylation is 1. The van der Waals surface area contributed by atoms with Crippen LogP contribution in [0.1, 0.15) is 44.7 Å². The smallest absolute Gasteiger partial charge is 0.311 e. The van der Waals surface area contributed by atoms with Gasteiger partial charge in [-0.05, 0) is 48.3 Å². The average Bonchev–Trinajstić information content (AvgIpc) is 3.08. The summed E-state index contributed by atoms with van der Waals surface area (Å²) in [5.74, 6) is 1.77. The minimum atomic E-state index is -0.164. The van der Waals surface area contributed by atoms with E-state index in [-0.39, 0.29) is 11.9 Å². The molecule has 0 aliphatic carbocycles. The highest BCUT2D eigenvalue weighted by atomic mass is 32.2. The highest BCUT2D eigenvalue weighted by Crippen LogP contribution is 2.43. The number of aromatic nitrogens is 1. The maximum absolute atomic E-state index is 12.6. The van der Waals surface area contributed by atoms with Gasteiger partial charge in [0.25, 0.3) is 0 Å². The van der Waals surface area contributed by atoms with Crippen LogP contribution in [0, 0.1) is 12.8 Å². The second-order valence-electron chi connectivity index (χ2n) is 8.75. The first-order valence-corrected chi connectivity index (χ1v) is 12.4. The lowest BCUT2D eigenvalue weighted by molar-refractivity contribution is -0.135. The molecule has 0 N–H and O–H groups in total. The van der Waals surface area contributed by atoms with Crippen LogP contribution in [0.5, 0.6) is 5.75 Å². The van der Waals surface area contributed by atoms with Gasteiger partial charge in [-0.25, -0.2) is 0 Å². The van der Waals surface area contributed by atoms with E-state index in [1.807, 2.05) is 19.9 Å². The van der Waals surface area contributed by atoms with Gasteiger partial charge in [-0.3, -0.25) is 4.79 Å². The molecule has 1 heterocycles. The zero-order valence-corrected chi connectivity index (χ0v) is 20.2. The lowest BCUT2D eigenvalue weighted by Gasteiger charge is -2.16. The van der Waals surface area contributed by atoms with Crippen LogP contribution in [0.15, 0.2) is 65.6 Å². The molecule has 0 aliphatic rings. The Morgan fingerprint density at radius 2 is 1.78 bits per heavy atom. The number of ether oxygens (including phenoxy) is 1. The largest absolute Gasteiger partial charge is 0.425 e. The minimum absolute atomic E-state index is 0.164. The summed E-state index contributed by atoms with van der Waals surface area (Å²) in [6.07, 6.45) is 1.47. The summed E-state index contributed by atoms with van der Waals surface area (Å²) in [4.78, 5) is 13.7. The van der Waals surface area contributed by atoms with Gasteiger partial charge in [0.1, 0.15) is 5.75 Å². The normalized spacial score (nSPS) is 11.5. The van der Waals surface area contributed by atoms with E-state index >= 15 is 0 Å². The molecule has 4 heteroatoms. The summed E-state index contributed by atoms with van der Waals surface area (Å²) in [6.45, 7) is 9.16.